The standard InChI is InChI=1S/C6H13NO2S2/c1-10-2-3-11-4-5(7)6(8)9/h5H,2-4,7H2,1H3,(H,8,9)/t5-/m1/s1. The number of hydrogen-bond donors (Lipinski definition) is 2. The number of nitrogens with two attached hydrogens (primary N) is 1. The van der Waals surface area contributed by atoms with Crippen molar-refractivity contribution in [3.63, 3.8) is 0 Å². The van der Waals surface area contributed by atoms with Crippen LogP contribution in [0.25, 0.3) is 0 Å². The maximum absolute atomic E-state index is 10.2. The van der Waals surface area contributed by atoms with Crippen LogP contribution >= 0.6 is 23.5 Å². The lowest BCUT2D eigenvalue weighted by Crippen LogP contribution is -2.32. The molecule has 0 rings (SSSR count). The third-order valence-corrected chi connectivity index (χ3v) is 3.00. The second-order valence-electron chi connectivity index (χ2n) is 2.01. The van der Waals surface area contributed by atoms with Crippen LogP contribution in [0.2, 0.25) is 0 Å². The first-order chi connectivity index (χ1) is 5.18. The third-order valence-electron chi connectivity index (χ3n) is 1.05. The minimum absolute atomic E-state index is 0.510. The van der Waals surface area contributed by atoms with Gasteiger partial charge in [0.25, 0.3) is 0 Å². The summed E-state index contributed by atoms with van der Waals surface area (Å²) in [5.74, 6) is 1.62. The molecule has 0 bridgehead atoms. The van der Waals surface area contributed by atoms with Crippen molar-refractivity contribution in [2.24, 2.45) is 5.73 Å². The quantitative estimate of drug-likeness (QED) is 0.604. The molecule has 0 spiro atoms. The van der Waals surface area contributed by atoms with Gasteiger partial charge in [-0.05, 0) is 6.26 Å². The van der Waals surface area contributed by atoms with Crippen molar-refractivity contribution in [2.45, 2.75) is 6.04 Å². The van der Waals surface area contributed by atoms with Crippen LogP contribution in [-0.2, 0) is 4.79 Å². The second kappa shape index (κ2) is 6.82. The Labute approximate surface area is 75.1 Å². The number of carboxylic acid groups (broad SMARTS) is 1. The fraction of sp³-hybridized carbons (Fsp3) is 0.833. The van der Waals surface area contributed by atoms with E-state index >= 15 is 0 Å². The molecule has 3 N–H and O–H groups in total. The van der Waals surface area contributed by atoms with E-state index < -0.39 is 12.0 Å². The summed E-state index contributed by atoms with van der Waals surface area (Å²) >= 11 is 3.34. The Hall–Kier alpha value is 0.130. The molecule has 0 heterocycles. The molecule has 0 aliphatic rings. The van der Waals surface area contributed by atoms with Crippen molar-refractivity contribution in [3.05, 3.63) is 0 Å². The molecule has 0 radical (unpaired) electrons. The molecule has 0 aliphatic heterocycles. The molecule has 0 amide bonds. The van der Waals surface area contributed by atoms with E-state index in [0.717, 1.165) is 11.5 Å². The average Bonchev–Trinajstić information content (AvgIpc) is 1.97. The molecule has 0 aromatic carbocycles. The van der Waals surface area contributed by atoms with Gasteiger partial charge in [-0.1, -0.05) is 0 Å². The second-order valence-corrected chi connectivity index (χ2v) is 4.15. The SMILES string of the molecule is CSCCSC[C@@H](N)C(=O)O. The van der Waals surface area contributed by atoms with Gasteiger partial charge in [-0.2, -0.15) is 23.5 Å². The summed E-state index contributed by atoms with van der Waals surface area (Å²) in [7, 11) is 0. The molecule has 66 valence electrons. The number of carbonyl (C=O) groups is 1. The first-order valence-electron chi connectivity index (χ1n) is 3.23. The Morgan fingerprint density at radius 1 is 1.64 bits per heavy atom. The third kappa shape index (κ3) is 6.52. The van der Waals surface area contributed by atoms with E-state index in [1.54, 1.807) is 23.5 Å². The molecular weight excluding hydrogens is 182 g/mol. The Morgan fingerprint density at radius 2 is 2.27 bits per heavy atom. The number of aliphatic carboxylic acids is 1. The van der Waals surface area contributed by atoms with Gasteiger partial charge < -0.3 is 10.8 Å². The number of carboxylic acids is 1. The monoisotopic (exact) mass is 195 g/mol. The predicted octanol–water partition coefficient (Wildman–Crippen LogP) is 0.494. The van der Waals surface area contributed by atoms with Crippen molar-refractivity contribution in [2.75, 3.05) is 23.5 Å². The minimum atomic E-state index is -0.915. The Balaban J connectivity index is 3.17. The molecule has 0 aromatic heterocycles. The smallest absolute Gasteiger partial charge is 0.321 e. The Morgan fingerprint density at radius 3 is 2.73 bits per heavy atom. The summed E-state index contributed by atoms with van der Waals surface area (Å²) in [6, 6.07) is -0.707. The van der Waals surface area contributed by atoms with Gasteiger partial charge >= 0.3 is 5.97 Å². The highest BCUT2D eigenvalue weighted by atomic mass is 32.2. The molecule has 0 saturated heterocycles. The summed E-state index contributed by atoms with van der Waals surface area (Å²) in [5, 5.41) is 8.39. The van der Waals surface area contributed by atoms with Crippen molar-refractivity contribution >= 4 is 29.5 Å². The Kier molecular flexibility index (Phi) is 6.90. The van der Waals surface area contributed by atoms with Crippen LogP contribution in [0.5, 0.6) is 0 Å². The number of thioether (sulfide) groups is 2. The van der Waals surface area contributed by atoms with E-state index in [-0.39, 0.29) is 0 Å². The largest absolute Gasteiger partial charge is 0.480 e. The molecule has 0 fully saturated rings. The van der Waals surface area contributed by atoms with Gasteiger partial charge in [0.15, 0.2) is 0 Å². The molecule has 11 heavy (non-hydrogen) atoms. The lowest BCUT2D eigenvalue weighted by molar-refractivity contribution is -0.137. The van der Waals surface area contributed by atoms with Gasteiger partial charge in [0.1, 0.15) is 6.04 Å². The molecule has 0 aliphatic carbocycles. The highest BCUT2D eigenvalue weighted by Gasteiger charge is 2.09. The van der Waals surface area contributed by atoms with Crippen LogP contribution < -0.4 is 5.73 Å². The van der Waals surface area contributed by atoms with Gasteiger partial charge in [0, 0.05) is 17.3 Å². The van der Waals surface area contributed by atoms with Crippen molar-refractivity contribution in [1.29, 1.82) is 0 Å². The van der Waals surface area contributed by atoms with Crippen LogP contribution in [0.3, 0.4) is 0 Å². The highest BCUT2D eigenvalue weighted by Crippen LogP contribution is 2.04. The first kappa shape index (κ1) is 11.1. The van der Waals surface area contributed by atoms with Crippen LogP contribution in [0, 0.1) is 0 Å². The molecule has 0 saturated carbocycles. The minimum Gasteiger partial charge on any atom is -0.480 e. The maximum Gasteiger partial charge on any atom is 0.321 e. The van der Waals surface area contributed by atoms with E-state index in [4.69, 9.17) is 10.8 Å². The predicted molar refractivity (Wildman–Crippen MR) is 51.3 cm³/mol. The Bertz CT molecular complexity index is 121. The summed E-state index contributed by atoms with van der Waals surface area (Å²) in [4.78, 5) is 10.2. The van der Waals surface area contributed by atoms with Gasteiger partial charge in [-0.15, -0.1) is 0 Å². The molecule has 0 aromatic rings. The maximum atomic E-state index is 10.2. The highest BCUT2D eigenvalue weighted by molar-refractivity contribution is 8.02. The van der Waals surface area contributed by atoms with Crippen molar-refractivity contribution in [1.82, 2.24) is 0 Å². The lowest BCUT2D eigenvalue weighted by Gasteiger charge is -2.04. The van der Waals surface area contributed by atoms with E-state index in [2.05, 4.69) is 0 Å². The zero-order valence-electron chi connectivity index (χ0n) is 6.45. The van der Waals surface area contributed by atoms with Gasteiger partial charge in [-0.3, -0.25) is 4.79 Å². The summed E-state index contributed by atoms with van der Waals surface area (Å²) < 4.78 is 0. The van der Waals surface area contributed by atoms with E-state index in [9.17, 15) is 4.79 Å². The zero-order valence-corrected chi connectivity index (χ0v) is 8.08. The van der Waals surface area contributed by atoms with Crippen LogP contribution in [0.4, 0.5) is 0 Å². The summed E-state index contributed by atoms with van der Waals surface area (Å²) in [6.07, 6.45) is 2.03. The summed E-state index contributed by atoms with van der Waals surface area (Å²) in [5.41, 5.74) is 5.27. The summed E-state index contributed by atoms with van der Waals surface area (Å²) in [6.45, 7) is 0. The zero-order chi connectivity index (χ0) is 8.69. The first-order valence-corrected chi connectivity index (χ1v) is 5.78. The van der Waals surface area contributed by atoms with Crippen LogP contribution in [0.15, 0.2) is 0 Å². The van der Waals surface area contributed by atoms with Crippen molar-refractivity contribution in [3.8, 4) is 0 Å². The number of hydrogen-bond acceptors (Lipinski definition) is 4. The average molecular weight is 195 g/mol. The van der Waals surface area contributed by atoms with E-state index in [1.165, 1.54) is 0 Å². The molecular formula is C6H13NO2S2. The van der Waals surface area contributed by atoms with Gasteiger partial charge in [0.05, 0.1) is 0 Å². The van der Waals surface area contributed by atoms with E-state index in [1.807, 2.05) is 6.26 Å². The fourth-order valence-electron chi connectivity index (χ4n) is 0.424. The van der Waals surface area contributed by atoms with E-state index in [0.29, 0.717) is 5.75 Å². The van der Waals surface area contributed by atoms with Crippen LogP contribution in [0.1, 0.15) is 0 Å². The molecule has 3 nitrogen and oxygen atoms in total. The van der Waals surface area contributed by atoms with Crippen LogP contribution in [-0.4, -0.2) is 40.6 Å². The molecule has 1 atom stereocenters. The van der Waals surface area contributed by atoms with Crippen molar-refractivity contribution < 1.29 is 9.90 Å². The fourth-order valence-corrected chi connectivity index (χ4v) is 2.13. The lowest BCUT2D eigenvalue weighted by atomic mass is 10.4. The number of rotatable bonds is 6. The van der Waals surface area contributed by atoms with Gasteiger partial charge in [0.2, 0.25) is 0 Å². The normalized spacial score (nSPS) is 12.9. The topological polar surface area (TPSA) is 63.3 Å². The molecule has 5 heteroatoms. The van der Waals surface area contributed by atoms with Gasteiger partial charge in [-0.25, -0.2) is 0 Å². The molecule has 0 unspecified atom stereocenters.